The highest BCUT2D eigenvalue weighted by atomic mass is 16.5. The van der Waals surface area contributed by atoms with E-state index in [-0.39, 0.29) is 0 Å². The number of nitrogens with zero attached hydrogens (tertiary/aromatic N) is 3. The van der Waals surface area contributed by atoms with E-state index in [1.807, 2.05) is 42.5 Å². The topological polar surface area (TPSA) is 81.2 Å². The predicted octanol–water partition coefficient (Wildman–Crippen LogP) is 3.03. The maximum Gasteiger partial charge on any atom is 0.244 e. The molecule has 0 aliphatic heterocycles. The van der Waals surface area contributed by atoms with Crippen LogP contribution in [0.1, 0.15) is 5.56 Å². The molecule has 0 spiro atoms. The van der Waals surface area contributed by atoms with Gasteiger partial charge in [0.1, 0.15) is 18.1 Å². The molecule has 0 atom stereocenters. The highest BCUT2D eigenvalue weighted by Gasteiger charge is 2.01. The quantitative estimate of drug-likeness (QED) is 0.535. The number of nitrogens with one attached hydrogen (secondary N) is 2. The lowest BCUT2D eigenvalue weighted by Gasteiger charge is -2.09. The summed E-state index contributed by atoms with van der Waals surface area (Å²) in [7, 11) is 1.64. The van der Waals surface area contributed by atoms with E-state index in [9.17, 15) is 0 Å². The summed E-state index contributed by atoms with van der Waals surface area (Å²) in [5.41, 5.74) is 1.27. The van der Waals surface area contributed by atoms with Gasteiger partial charge in [0.15, 0.2) is 5.82 Å². The van der Waals surface area contributed by atoms with Crippen LogP contribution in [-0.2, 0) is 6.42 Å². The summed E-state index contributed by atoms with van der Waals surface area (Å²) < 4.78 is 10.8. The molecular formula is C20H23N5O2. The molecule has 0 unspecified atom stereocenters. The maximum atomic E-state index is 5.67. The van der Waals surface area contributed by atoms with Gasteiger partial charge in [-0.25, -0.2) is 0 Å². The maximum absolute atomic E-state index is 5.67. The van der Waals surface area contributed by atoms with Gasteiger partial charge in [-0.2, -0.15) is 10.1 Å². The van der Waals surface area contributed by atoms with Crippen LogP contribution in [0.5, 0.6) is 11.5 Å². The lowest BCUT2D eigenvalue weighted by Crippen LogP contribution is -2.14. The lowest BCUT2D eigenvalue weighted by atomic mass is 10.1. The van der Waals surface area contributed by atoms with Crippen LogP contribution < -0.4 is 20.1 Å². The molecule has 0 aliphatic carbocycles. The molecule has 0 radical (unpaired) electrons. The van der Waals surface area contributed by atoms with Gasteiger partial charge in [0.25, 0.3) is 0 Å². The first kappa shape index (κ1) is 18.4. The van der Waals surface area contributed by atoms with Gasteiger partial charge < -0.3 is 20.1 Å². The third kappa shape index (κ3) is 6.14. The van der Waals surface area contributed by atoms with Crippen molar-refractivity contribution >= 4 is 11.8 Å². The van der Waals surface area contributed by atoms with E-state index in [1.54, 1.807) is 13.3 Å². The summed E-state index contributed by atoms with van der Waals surface area (Å²) in [6.07, 6.45) is 2.49. The minimum absolute atomic E-state index is 0.506. The van der Waals surface area contributed by atoms with Gasteiger partial charge in [-0.1, -0.05) is 30.3 Å². The molecule has 27 heavy (non-hydrogen) atoms. The minimum Gasteiger partial charge on any atom is -0.497 e. The third-order valence-corrected chi connectivity index (χ3v) is 3.83. The Morgan fingerprint density at radius 1 is 0.889 bits per heavy atom. The largest absolute Gasteiger partial charge is 0.497 e. The summed E-state index contributed by atoms with van der Waals surface area (Å²) >= 11 is 0. The second kappa shape index (κ2) is 9.96. The Kier molecular flexibility index (Phi) is 6.80. The summed E-state index contributed by atoms with van der Waals surface area (Å²) in [6.45, 7) is 1.86. The highest BCUT2D eigenvalue weighted by Crippen LogP contribution is 2.16. The zero-order valence-electron chi connectivity index (χ0n) is 15.3. The molecule has 1 heterocycles. The molecule has 0 fully saturated rings. The molecule has 0 saturated heterocycles. The molecule has 7 nitrogen and oxygen atoms in total. The van der Waals surface area contributed by atoms with Gasteiger partial charge in [-0.3, -0.25) is 0 Å². The van der Waals surface area contributed by atoms with Crippen LogP contribution in [0.3, 0.4) is 0 Å². The molecule has 2 aromatic carbocycles. The third-order valence-electron chi connectivity index (χ3n) is 3.83. The summed E-state index contributed by atoms with van der Waals surface area (Å²) in [5.74, 6) is 2.76. The number of hydrogen-bond acceptors (Lipinski definition) is 7. The van der Waals surface area contributed by atoms with E-state index in [2.05, 4.69) is 37.9 Å². The summed E-state index contributed by atoms with van der Waals surface area (Å²) in [6, 6.07) is 17.8. The molecule has 140 valence electrons. The average molecular weight is 365 g/mol. The lowest BCUT2D eigenvalue weighted by molar-refractivity contribution is 0.331. The van der Waals surface area contributed by atoms with Crippen LogP contribution in [0.25, 0.3) is 0 Å². The minimum atomic E-state index is 0.506. The van der Waals surface area contributed by atoms with Crippen molar-refractivity contribution in [2.24, 2.45) is 0 Å². The first-order valence-corrected chi connectivity index (χ1v) is 8.82. The van der Waals surface area contributed by atoms with Crippen molar-refractivity contribution in [3.8, 4) is 11.5 Å². The Balaban J connectivity index is 1.39. The second-order valence-corrected chi connectivity index (χ2v) is 5.78. The fraction of sp³-hybridized carbons (Fsp3) is 0.250. The monoisotopic (exact) mass is 365 g/mol. The number of benzene rings is 2. The van der Waals surface area contributed by atoms with Crippen LogP contribution in [0.4, 0.5) is 11.8 Å². The summed E-state index contributed by atoms with van der Waals surface area (Å²) in [5, 5.41) is 14.4. The number of rotatable bonds is 10. The molecule has 1 aromatic heterocycles. The van der Waals surface area contributed by atoms with E-state index in [1.165, 1.54) is 5.56 Å². The van der Waals surface area contributed by atoms with E-state index >= 15 is 0 Å². The Labute approximate surface area is 158 Å². The Morgan fingerprint density at radius 2 is 1.67 bits per heavy atom. The molecule has 2 N–H and O–H groups in total. The van der Waals surface area contributed by atoms with Crippen LogP contribution >= 0.6 is 0 Å². The molecular weight excluding hydrogens is 342 g/mol. The van der Waals surface area contributed by atoms with E-state index < -0.39 is 0 Å². The van der Waals surface area contributed by atoms with E-state index in [0.29, 0.717) is 24.9 Å². The van der Waals surface area contributed by atoms with Crippen molar-refractivity contribution in [3.63, 3.8) is 0 Å². The van der Waals surface area contributed by atoms with Crippen molar-refractivity contribution in [1.29, 1.82) is 0 Å². The second-order valence-electron chi connectivity index (χ2n) is 5.78. The number of aromatic nitrogens is 3. The fourth-order valence-electron chi connectivity index (χ4n) is 2.45. The molecule has 0 saturated carbocycles. The van der Waals surface area contributed by atoms with Crippen molar-refractivity contribution in [1.82, 2.24) is 15.2 Å². The smallest absolute Gasteiger partial charge is 0.244 e. The van der Waals surface area contributed by atoms with Crippen molar-refractivity contribution < 1.29 is 9.47 Å². The Hall–Kier alpha value is -3.35. The molecule has 0 aliphatic rings. The predicted molar refractivity (Wildman–Crippen MR) is 105 cm³/mol. The fourth-order valence-corrected chi connectivity index (χ4v) is 2.45. The van der Waals surface area contributed by atoms with Gasteiger partial charge in [0.05, 0.1) is 19.9 Å². The molecule has 0 bridgehead atoms. The first-order valence-electron chi connectivity index (χ1n) is 8.82. The van der Waals surface area contributed by atoms with Crippen LogP contribution in [0.15, 0.2) is 60.8 Å². The highest BCUT2D eigenvalue weighted by molar-refractivity contribution is 5.37. The normalized spacial score (nSPS) is 10.3. The van der Waals surface area contributed by atoms with Crippen LogP contribution in [-0.4, -0.2) is 42.0 Å². The standard InChI is InChI=1S/C20H23N5O2/c1-26-17-7-9-18(10-8-17)27-14-13-21-19-15-23-25-20(24-19)22-12-11-16-5-3-2-4-6-16/h2-10,15H,11-14H2,1H3,(H2,21,22,24,25). The van der Waals surface area contributed by atoms with Crippen molar-refractivity contribution in [3.05, 3.63) is 66.4 Å². The van der Waals surface area contributed by atoms with Gasteiger partial charge in [-0.05, 0) is 36.2 Å². The molecule has 3 aromatic rings. The van der Waals surface area contributed by atoms with Crippen LogP contribution in [0, 0.1) is 0 Å². The summed E-state index contributed by atoms with van der Waals surface area (Å²) in [4.78, 5) is 4.40. The first-order chi connectivity index (χ1) is 13.3. The Morgan fingerprint density at radius 3 is 2.44 bits per heavy atom. The van der Waals surface area contributed by atoms with Crippen molar-refractivity contribution in [2.75, 3.05) is 37.4 Å². The van der Waals surface area contributed by atoms with E-state index in [4.69, 9.17) is 9.47 Å². The zero-order valence-corrected chi connectivity index (χ0v) is 15.3. The number of ether oxygens (including phenoxy) is 2. The van der Waals surface area contributed by atoms with Crippen molar-refractivity contribution in [2.45, 2.75) is 6.42 Å². The van der Waals surface area contributed by atoms with Gasteiger partial charge >= 0.3 is 0 Å². The number of hydrogen-bond donors (Lipinski definition) is 2. The molecule has 3 rings (SSSR count). The SMILES string of the molecule is COc1ccc(OCCNc2cnnc(NCCc3ccccc3)n2)cc1. The van der Waals surface area contributed by atoms with Gasteiger partial charge in [0.2, 0.25) is 5.95 Å². The van der Waals surface area contributed by atoms with Gasteiger partial charge in [-0.15, -0.1) is 5.10 Å². The average Bonchev–Trinajstić information content (AvgIpc) is 2.73. The Bertz CT molecular complexity index is 812. The molecule has 0 amide bonds. The zero-order chi connectivity index (χ0) is 18.7. The van der Waals surface area contributed by atoms with Crippen LogP contribution in [0.2, 0.25) is 0 Å². The van der Waals surface area contributed by atoms with Gasteiger partial charge in [0, 0.05) is 6.54 Å². The van der Waals surface area contributed by atoms with E-state index in [0.717, 1.165) is 24.5 Å². The number of methoxy groups -OCH3 is 1. The number of anilines is 2. The molecule has 7 heteroatoms.